The van der Waals surface area contributed by atoms with E-state index in [1.54, 1.807) is 14.0 Å². The summed E-state index contributed by atoms with van der Waals surface area (Å²) >= 11 is 0. The maximum atomic E-state index is 13.7. The van der Waals surface area contributed by atoms with Gasteiger partial charge >= 0.3 is 6.03 Å². The second kappa shape index (κ2) is 12.4. The Morgan fingerprint density at radius 2 is 1.93 bits per heavy atom. The molecule has 12 nitrogen and oxygen atoms in total. The number of nitrogens with zero attached hydrogens (tertiary/aromatic N) is 3. The number of benzene rings is 2. The lowest BCUT2D eigenvalue weighted by atomic mass is 9.99. The molecule has 0 aliphatic carbocycles. The smallest absolute Gasteiger partial charge is 0.321 e. The number of fused-ring (bicyclic) bond motifs is 1. The first kappa shape index (κ1) is 30.8. The third kappa shape index (κ3) is 6.49. The van der Waals surface area contributed by atoms with Crippen molar-refractivity contribution < 1.29 is 36.8 Å². The number of para-hydroxylation sites is 1. The third-order valence-electron chi connectivity index (χ3n) is 7.07. The molecule has 1 aromatic heterocycles. The van der Waals surface area contributed by atoms with Crippen molar-refractivity contribution in [2.24, 2.45) is 5.92 Å². The molecule has 0 bridgehead atoms. The third-order valence-corrected chi connectivity index (χ3v) is 8.68. The monoisotopic (exact) mass is 603 g/mol. The fourth-order valence-electron chi connectivity index (χ4n) is 4.70. The Morgan fingerprint density at radius 3 is 2.55 bits per heavy atom. The summed E-state index contributed by atoms with van der Waals surface area (Å²) in [4.78, 5) is 29.4. The van der Waals surface area contributed by atoms with Gasteiger partial charge in [-0.3, -0.25) is 9.52 Å². The van der Waals surface area contributed by atoms with Crippen LogP contribution in [0.15, 0.2) is 51.9 Å². The second-order valence-corrected chi connectivity index (χ2v) is 12.0. The van der Waals surface area contributed by atoms with Gasteiger partial charge < -0.3 is 29.5 Å². The van der Waals surface area contributed by atoms with Crippen LogP contribution in [-0.4, -0.2) is 79.3 Å². The number of carbonyl (C=O) groups is 2. The summed E-state index contributed by atoms with van der Waals surface area (Å²) in [7, 11) is -2.64. The summed E-state index contributed by atoms with van der Waals surface area (Å²) in [6, 6.07) is 8.80. The molecule has 0 spiro atoms. The number of hydrogen-bond donors (Lipinski definition) is 3. The zero-order chi connectivity index (χ0) is 30.8. The molecule has 2 aromatic carbocycles. The first-order valence-electron chi connectivity index (χ1n) is 13.3. The first-order valence-corrected chi connectivity index (χ1v) is 14.8. The van der Waals surface area contributed by atoms with E-state index < -0.39 is 39.9 Å². The highest BCUT2D eigenvalue weighted by Crippen LogP contribution is 2.36. The van der Waals surface area contributed by atoms with Crippen LogP contribution in [0.25, 0.3) is 0 Å². The lowest BCUT2D eigenvalue weighted by molar-refractivity contribution is 0.0373. The highest BCUT2D eigenvalue weighted by molar-refractivity contribution is 7.92. The molecular formula is C28H34FN5O7S. The quantitative estimate of drug-likeness (QED) is 0.353. The van der Waals surface area contributed by atoms with E-state index in [1.165, 1.54) is 66.1 Å². The number of likely N-dealkylation sites (N-methyl/N-ethyl adjacent to an activating group) is 1. The molecule has 2 heterocycles. The number of anilines is 2. The summed E-state index contributed by atoms with van der Waals surface area (Å²) in [6.45, 7) is 6.47. The Kier molecular flexibility index (Phi) is 9.06. The minimum atomic E-state index is -4.20. The van der Waals surface area contributed by atoms with Crippen molar-refractivity contribution in [3.05, 3.63) is 65.3 Å². The van der Waals surface area contributed by atoms with Gasteiger partial charge in [-0.1, -0.05) is 18.1 Å². The number of nitrogens with one attached hydrogen (secondary N) is 2. The number of aromatic nitrogens is 1. The van der Waals surface area contributed by atoms with Gasteiger partial charge in [0, 0.05) is 25.2 Å². The van der Waals surface area contributed by atoms with E-state index in [1.807, 2.05) is 6.92 Å². The van der Waals surface area contributed by atoms with E-state index in [0.29, 0.717) is 5.69 Å². The largest absolute Gasteiger partial charge is 0.485 e. The number of carbonyl (C=O) groups excluding carboxylic acids is 2. The number of ether oxygens (including phenoxy) is 1. The molecule has 1 aliphatic rings. The average molecular weight is 604 g/mol. The molecule has 14 heteroatoms. The van der Waals surface area contributed by atoms with Gasteiger partial charge in [-0.25, -0.2) is 17.6 Å². The Labute approximate surface area is 243 Å². The number of rotatable bonds is 8. The molecule has 0 saturated carbocycles. The minimum Gasteiger partial charge on any atom is -0.485 e. The van der Waals surface area contributed by atoms with Gasteiger partial charge in [0.05, 0.1) is 30.4 Å². The molecule has 3 N–H and O–H groups in total. The van der Waals surface area contributed by atoms with Crippen LogP contribution < -0.4 is 14.8 Å². The van der Waals surface area contributed by atoms with Gasteiger partial charge in [0.2, 0.25) is 0 Å². The number of hydrogen-bond acceptors (Lipinski definition) is 8. The van der Waals surface area contributed by atoms with E-state index >= 15 is 0 Å². The zero-order valence-corrected chi connectivity index (χ0v) is 24.7. The van der Waals surface area contributed by atoms with Gasteiger partial charge in [0.25, 0.3) is 15.9 Å². The Hall–Kier alpha value is -4.17. The highest BCUT2D eigenvalue weighted by atomic mass is 32.2. The van der Waals surface area contributed by atoms with Gasteiger partial charge in [0.1, 0.15) is 17.6 Å². The molecular weight excluding hydrogens is 569 g/mol. The lowest BCUT2D eigenvalue weighted by Crippen LogP contribution is -2.50. The van der Waals surface area contributed by atoms with Crippen LogP contribution >= 0.6 is 0 Å². The Bertz CT molecular complexity index is 1540. The van der Waals surface area contributed by atoms with E-state index in [-0.39, 0.29) is 59.0 Å². The van der Waals surface area contributed by atoms with Crippen LogP contribution in [0.3, 0.4) is 0 Å². The van der Waals surface area contributed by atoms with Crippen LogP contribution in [0.5, 0.6) is 5.75 Å². The number of sulfonamides is 1. The zero-order valence-electron chi connectivity index (χ0n) is 23.9. The number of aliphatic hydroxyl groups is 1. The molecule has 0 unspecified atom stereocenters. The average Bonchev–Trinajstić information content (AvgIpc) is 3.29. The maximum Gasteiger partial charge on any atom is 0.321 e. The van der Waals surface area contributed by atoms with Crippen molar-refractivity contribution in [3.8, 4) is 5.75 Å². The van der Waals surface area contributed by atoms with Gasteiger partial charge in [-0.05, 0) is 57.2 Å². The van der Waals surface area contributed by atoms with Gasteiger partial charge in [-0.2, -0.15) is 0 Å². The SMILES string of the molecule is Cc1noc(C)c1S(=O)(=O)Nc1cccc2c1O[C@H](CN(C)C(=O)Nc1ccc(F)cc1)[C@H](C)CN([C@@H](C)CO)C2=O. The molecule has 4 rings (SSSR count). The Morgan fingerprint density at radius 1 is 1.24 bits per heavy atom. The summed E-state index contributed by atoms with van der Waals surface area (Å²) in [5, 5.41) is 16.3. The van der Waals surface area contributed by atoms with Crippen LogP contribution in [0, 0.1) is 25.6 Å². The standard InChI is InChI=1S/C28H34FN5O7S/c1-16-13-34(17(2)15-35)27(36)22-7-6-8-23(32-42(38,39)26-18(3)31-41-19(26)4)25(22)40-24(16)14-33(5)28(37)30-21-11-9-20(29)10-12-21/h6-12,16-17,24,32,35H,13-15H2,1-5H3,(H,30,37)/t16-,17+,24-/m1/s1. The van der Waals surface area contributed by atoms with Crippen LogP contribution in [0.4, 0.5) is 20.6 Å². The van der Waals surface area contributed by atoms with Crippen LogP contribution in [0.1, 0.15) is 35.7 Å². The fraction of sp³-hybridized carbons (Fsp3) is 0.393. The van der Waals surface area contributed by atoms with E-state index in [9.17, 15) is 27.5 Å². The van der Waals surface area contributed by atoms with E-state index in [4.69, 9.17) is 9.26 Å². The van der Waals surface area contributed by atoms with Crippen molar-refractivity contribution in [1.29, 1.82) is 0 Å². The second-order valence-electron chi connectivity index (χ2n) is 10.4. The molecule has 0 radical (unpaired) electrons. The molecule has 0 fully saturated rings. The van der Waals surface area contributed by atoms with E-state index in [2.05, 4.69) is 15.2 Å². The molecule has 226 valence electrons. The number of amides is 3. The maximum absolute atomic E-state index is 13.7. The topological polar surface area (TPSA) is 154 Å². The fourth-order valence-corrected chi connectivity index (χ4v) is 6.09. The van der Waals surface area contributed by atoms with Crippen LogP contribution in [0.2, 0.25) is 0 Å². The van der Waals surface area contributed by atoms with Gasteiger partial charge in [0.15, 0.2) is 16.4 Å². The number of aliphatic hydroxyl groups excluding tert-OH is 1. The van der Waals surface area contributed by atoms with Gasteiger partial charge in [-0.15, -0.1) is 0 Å². The van der Waals surface area contributed by atoms with E-state index in [0.717, 1.165) is 0 Å². The number of aryl methyl sites for hydroxylation is 2. The predicted octanol–water partition coefficient (Wildman–Crippen LogP) is 3.62. The van der Waals surface area contributed by atoms with Crippen molar-refractivity contribution in [1.82, 2.24) is 15.0 Å². The summed E-state index contributed by atoms with van der Waals surface area (Å²) in [5.41, 5.74) is 0.661. The molecule has 1 aliphatic heterocycles. The first-order chi connectivity index (χ1) is 19.8. The summed E-state index contributed by atoms with van der Waals surface area (Å²) in [6.07, 6.45) is -0.709. The number of urea groups is 1. The molecule has 3 atom stereocenters. The Balaban J connectivity index is 1.70. The number of halogens is 1. The minimum absolute atomic E-state index is 0.00923. The van der Waals surface area contributed by atoms with Crippen molar-refractivity contribution in [2.75, 3.05) is 36.8 Å². The molecule has 3 aromatic rings. The van der Waals surface area contributed by atoms with Crippen LogP contribution in [-0.2, 0) is 10.0 Å². The lowest BCUT2D eigenvalue weighted by Gasteiger charge is -2.38. The van der Waals surface area contributed by atoms with Crippen molar-refractivity contribution in [2.45, 2.75) is 44.7 Å². The molecule has 42 heavy (non-hydrogen) atoms. The molecule has 3 amide bonds. The summed E-state index contributed by atoms with van der Waals surface area (Å²) in [5.74, 6) is -1.16. The normalized spacial score (nSPS) is 17.9. The predicted molar refractivity (Wildman–Crippen MR) is 152 cm³/mol. The summed E-state index contributed by atoms with van der Waals surface area (Å²) < 4.78 is 54.0. The van der Waals surface area contributed by atoms with Crippen molar-refractivity contribution >= 4 is 33.3 Å². The highest BCUT2D eigenvalue weighted by Gasteiger charge is 2.36. The van der Waals surface area contributed by atoms with Crippen molar-refractivity contribution in [3.63, 3.8) is 0 Å². The molecule has 0 saturated heterocycles.